The van der Waals surface area contributed by atoms with Crippen molar-refractivity contribution in [2.45, 2.75) is 31.8 Å². The van der Waals surface area contributed by atoms with Gasteiger partial charge in [-0.25, -0.2) is 9.97 Å². The summed E-state index contributed by atoms with van der Waals surface area (Å²) in [5, 5.41) is 6.14. The van der Waals surface area contributed by atoms with Gasteiger partial charge in [0.05, 0.1) is 11.2 Å². The van der Waals surface area contributed by atoms with Gasteiger partial charge < -0.3 is 10.6 Å². The fourth-order valence-corrected chi connectivity index (χ4v) is 2.85. The SMILES string of the molecule is CCSc1ncc(Cl)c(C(=O)NCCC(=O)Nc2ccc(CC)cc2)n1. The number of rotatable bonds is 8. The molecule has 0 bridgehead atoms. The number of thioether (sulfide) groups is 1. The maximum atomic E-state index is 12.2. The number of carbonyl (C=O) groups is 2. The van der Waals surface area contributed by atoms with Crippen molar-refractivity contribution in [2.24, 2.45) is 0 Å². The summed E-state index contributed by atoms with van der Waals surface area (Å²) < 4.78 is 0. The van der Waals surface area contributed by atoms with Crippen LogP contribution in [0.3, 0.4) is 0 Å². The molecule has 0 unspecified atom stereocenters. The summed E-state index contributed by atoms with van der Waals surface area (Å²) in [6.07, 6.45) is 2.51. The Labute approximate surface area is 162 Å². The van der Waals surface area contributed by atoms with Crippen molar-refractivity contribution in [3.8, 4) is 0 Å². The highest BCUT2D eigenvalue weighted by atomic mass is 35.5. The molecule has 0 fully saturated rings. The Bertz CT molecular complexity index is 768. The minimum Gasteiger partial charge on any atom is -0.350 e. The molecule has 0 atom stereocenters. The Morgan fingerprint density at radius 2 is 1.92 bits per heavy atom. The molecule has 0 saturated heterocycles. The zero-order valence-electron chi connectivity index (χ0n) is 14.7. The third-order valence-corrected chi connectivity index (χ3v) is 4.51. The molecule has 0 spiro atoms. The van der Waals surface area contributed by atoms with Gasteiger partial charge in [0.25, 0.3) is 5.91 Å². The van der Waals surface area contributed by atoms with Crippen LogP contribution in [-0.4, -0.2) is 34.1 Å². The summed E-state index contributed by atoms with van der Waals surface area (Å²) in [5.74, 6) is 0.197. The van der Waals surface area contributed by atoms with Crippen LogP contribution in [0, 0.1) is 0 Å². The van der Waals surface area contributed by atoms with Crippen LogP contribution in [0.4, 0.5) is 5.69 Å². The molecule has 1 heterocycles. The molecule has 138 valence electrons. The van der Waals surface area contributed by atoms with E-state index in [0.29, 0.717) is 5.16 Å². The number of amides is 2. The highest BCUT2D eigenvalue weighted by Crippen LogP contribution is 2.18. The Hall–Kier alpha value is -2.12. The van der Waals surface area contributed by atoms with E-state index in [1.807, 2.05) is 31.2 Å². The van der Waals surface area contributed by atoms with Gasteiger partial charge in [0.2, 0.25) is 5.91 Å². The van der Waals surface area contributed by atoms with Crippen LogP contribution in [0.25, 0.3) is 0 Å². The number of hydrogen-bond acceptors (Lipinski definition) is 5. The van der Waals surface area contributed by atoms with Crippen molar-refractivity contribution in [2.75, 3.05) is 17.6 Å². The standard InChI is InChI=1S/C18H21ClN4O2S/c1-3-12-5-7-13(8-6-12)22-15(24)9-10-20-17(25)16-14(19)11-21-18(23-16)26-4-2/h5-8,11H,3-4,9-10H2,1-2H3,(H,20,25)(H,22,24). The highest BCUT2D eigenvalue weighted by Gasteiger charge is 2.14. The van der Waals surface area contributed by atoms with Crippen molar-refractivity contribution in [3.05, 3.63) is 46.7 Å². The molecule has 2 aromatic rings. The highest BCUT2D eigenvalue weighted by molar-refractivity contribution is 7.99. The topological polar surface area (TPSA) is 84.0 Å². The molecule has 6 nitrogen and oxygen atoms in total. The number of benzene rings is 1. The van der Waals surface area contributed by atoms with Gasteiger partial charge in [0, 0.05) is 18.7 Å². The maximum absolute atomic E-state index is 12.2. The predicted octanol–water partition coefficient (Wildman–Crippen LogP) is 3.56. The van der Waals surface area contributed by atoms with E-state index in [-0.39, 0.29) is 29.6 Å². The number of anilines is 1. The first-order chi connectivity index (χ1) is 12.5. The van der Waals surface area contributed by atoms with Gasteiger partial charge in [-0.15, -0.1) is 0 Å². The molecule has 8 heteroatoms. The number of nitrogens with one attached hydrogen (secondary N) is 2. The molecule has 1 aromatic heterocycles. The molecule has 0 radical (unpaired) electrons. The smallest absolute Gasteiger partial charge is 0.271 e. The fraction of sp³-hybridized carbons (Fsp3) is 0.333. The normalized spacial score (nSPS) is 10.4. The van der Waals surface area contributed by atoms with E-state index in [0.717, 1.165) is 17.9 Å². The van der Waals surface area contributed by atoms with E-state index in [1.165, 1.54) is 23.5 Å². The van der Waals surface area contributed by atoms with Crippen molar-refractivity contribution >= 4 is 40.9 Å². The first-order valence-electron chi connectivity index (χ1n) is 8.35. The third-order valence-electron chi connectivity index (χ3n) is 3.49. The fourth-order valence-electron chi connectivity index (χ4n) is 2.13. The third kappa shape index (κ3) is 6.00. The number of hydrogen-bond donors (Lipinski definition) is 2. The first-order valence-corrected chi connectivity index (χ1v) is 9.72. The number of aryl methyl sites for hydroxylation is 1. The zero-order chi connectivity index (χ0) is 18.9. The van der Waals surface area contributed by atoms with Crippen molar-refractivity contribution in [3.63, 3.8) is 0 Å². The summed E-state index contributed by atoms with van der Waals surface area (Å²) in [7, 11) is 0. The predicted molar refractivity (Wildman–Crippen MR) is 105 cm³/mol. The lowest BCUT2D eigenvalue weighted by molar-refractivity contribution is -0.116. The molecule has 0 saturated carbocycles. The minimum atomic E-state index is -0.421. The first kappa shape index (κ1) is 20.2. The molecule has 0 aliphatic heterocycles. The van der Waals surface area contributed by atoms with Gasteiger partial charge >= 0.3 is 0 Å². The Morgan fingerprint density at radius 3 is 2.58 bits per heavy atom. The van der Waals surface area contributed by atoms with Gasteiger partial charge in [-0.05, 0) is 29.9 Å². The minimum absolute atomic E-state index is 0.119. The molecular formula is C18H21ClN4O2S. The molecule has 0 aliphatic carbocycles. The lowest BCUT2D eigenvalue weighted by Crippen LogP contribution is -2.28. The summed E-state index contributed by atoms with van der Waals surface area (Å²) in [6.45, 7) is 4.23. The summed E-state index contributed by atoms with van der Waals surface area (Å²) in [4.78, 5) is 32.4. The number of halogens is 1. The molecule has 0 aliphatic rings. The Kier molecular flexibility index (Phi) is 7.87. The van der Waals surface area contributed by atoms with E-state index in [4.69, 9.17) is 11.6 Å². The van der Waals surface area contributed by atoms with E-state index in [2.05, 4.69) is 27.5 Å². The maximum Gasteiger partial charge on any atom is 0.271 e. The largest absolute Gasteiger partial charge is 0.350 e. The van der Waals surface area contributed by atoms with Crippen molar-refractivity contribution < 1.29 is 9.59 Å². The van der Waals surface area contributed by atoms with Crippen LogP contribution in [0.15, 0.2) is 35.6 Å². The molecule has 2 amide bonds. The average molecular weight is 393 g/mol. The average Bonchev–Trinajstić information content (AvgIpc) is 2.64. The van der Waals surface area contributed by atoms with Crippen LogP contribution in [0.2, 0.25) is 5.02 Å². The number of carbonyl (C=O) groups excluding carboxylic acids is 2. The Morgan fingerprint density at radius 1 is 1.19 bits per heavy atom. The Balaban J connectivity index is 1.83. The van der Waals surface area contributed by atoms with Crippen LogP contribution >= 0.6 is 23.4 Å². The van der Waals surface area contributed by atoms with Crippen LogP contribution in [0.5, 0.6) is 0 Å². The second kappa shape index (κ2) is 10.1. The van der Waals surface area contributed by atoms with Gasteiger partial charge in [-0.3, -0.25) is 9.59 Å². The second-order valence-electron chi connectivity index (χ2n) is 5.39. The molecule has 2 rings (SSSR count). The lowest BCUT2D eigenvalue weighted by Gasteiger charge is -2.08. The van der Waals surface area contributed by atoms with Gasteiger partial charge in [0.1, 0.15) is 0 Å². The van der Waals surface area contributed by atoms with E-state index >= 15 is 0 Å². The summed E-state index contributed by atoms with van der Waals surface area (Å²) >= 11 is 7.41. The van der Waals surface area contributed by atoms with E-state index in [1.54, 1.807) is 0 Å². The van der Waals surface area contributed by atoms with Crippen LogP contribution in [-0.2, 0) is 11.2 Å². The molecule has 1 aromatic carbocycles. The van der Waals surface area contributed by atoms with Gasteiger partial charge in [-0.2, -0.15) is 0 Å². The second-order valence-corrected chi connectivity index (χ2v) is 7.03. The van der Waals surface area contributed by atoms with Gasteiger partial charge in [-0.1, -0.05) is 49.3 Å². The van der Waals surface area contributed by atoms with Crippen molar-refractivity contribution in [1.29, 1.82) is 0 Å². The monoisotopic (exact) mass is 392 g/mol. The molecule has 26 heavy (non-hydrogen) atoms. The zero-order valence-corrected chi connectivity index (χ0v) is 16.3. The van der Waals surface area contributed by atoms with Crippen LogP contribution < -0.4 is 10.6 Å². The van der Waals surface area contributed by atoms with E-state index in [9.17, 15) is 9.59 Å². The van der Waals surface area contributed by atoms with Gasteiger partial charge in [0.15, 0.2) is 10.9 Å². The van der Waals surface area contributed by atoms with E-state index < -0.39 is 5.91 Å². The summed E-state index contributed by atoms with van der Waals surface area (Å²) in [5.41, 5.74) is 2.06. The summed E-state index contributed by atoms with van der Waals surface area (Å²) in [6, 6.07) is 7.67. The quantitative estimate of drug-likeness (QED) is 0.530. The number of aromatic nitrogens is 2. The van der Waals surface area contributed by atoms with Crippen molar-refractivity contribution in [1.82, 2.24) is 15.3 Å². The van der Waals surface area contributed by atoms with Crippen LogP contribution in [0.1, 0.15) is 36.3 Å². The lowest BCUT2D eigenvalue weighted by atomic mass is 10.1. The molecular weight excluding hydrogens is 372 g/mol. The molecule has 2 N–H and O–H groups in total. The number of nitrogens with zero attached hydrogens (tertiary/aromatic N) is 2.